The van der Waals surface area contributed by atoms with Gasteiger partial charge in [-0.3, -0.25) is 14.4 Å². The van der Waals surface area contributed by atoms with Crippen LogP contribution in [0.5, 0.6) is 0 Å². The highest BCUT2D eigenvalue weighted by molar-refractivity contribution is 5.96. The predicted octanol–water partition coefficient (Wildman–Crippen LogP) is 5.31. The Bertz CT molecular complexity index is 1370. The van der Waals surface area contributed by atoms with E-state index in [1.165, 1.54) is 10.7 Å². The first kappa shape index (κ1) is 25.9. The molecule has 5 rings (SSSR count). The van der Waals surface area contributed by atoms with Crippen LogP contribution in [0.2, 0.25) is 0 Å². The summed E-state index contributed by atoms with van der Waals surface area (Å²) in [6.07, 6.45) is 7.12. The third-order valence-corrected chi connectivity index (χ3v) is 8.33. The molecule has 1 heterocycles. The molecule has 2 aliphatic carbocycles. The normalized spacial score (nSPS) is 17.5. The molecule has 1 unspecified atom stereocenters. The van der Waals surface area contributed by atoms with Gasteiger partial charge in [-0.05, 0) is 79.8 Å². The number of benzene rings is 2. The van der Waals surface area contributed by atoms with Crippen molar-refractivity contribution in [2.24, 2.45) is 11.3 Å². The number of carbonyl (C=O) groups is 2. The van der Waals surface area contributed by atoms with Crippen LogP contribution >= 0.6 is 0 Å². The highest BCUT2D eigenvalue weighted by Crippen LogP contribution is 2.44. The maximum atomic E-state index is 13.7. The Balaban J connectivity index is 1.33. The number of aryl methyl sites for hydroxylation is 1. The predicted molar refractivity (Wildman–Crippen MR) is 146 cm³/mol. The average molecular weight is 514 g/mol. The number of rotatable bonds is 9. The van der Waals surface area contributed by atoms with Crippen molar-refractivity contribution in [1.29, 1.82) is 0 Å². The van der Waals surface area contributed by atoms with Crippen LogP contribution in [-0.4, -0.2) is 26.8 Å². The van der Waals surface area contributed by atoms with Crippen molar-refractivity contribution in [3.63, 3.8) is 0 Å². The monoisotopic (exact) mass is 513 g/mol. The van der Waals surface area contributed by atoms with Crippen LogP contribution < -0.4 is 10.9 Å². The van der Waals surface area contributed by atoms with Crippen LogP contribution in [0.1, 0.15) is 73.2 Å². The summed E-state index contributed by atoms with van der Waals surface area (Å²) in [6.45, 7) is 2.24. The third-order valence-electron chi connectivity index (χ3n) is 8.33. The first-order chi connectivity index (χ1) is 18.3. The Morgan fingerprint density at radius 3 is 2.42 bits per heavy atom. The topological polar surface area (TPSA) is 101 Å². The molecule has 0 radical (unpaired) electrons. The molecule has 3 aromatic rings. The summed E-state index contributed by atoms with van der Waals surface area (Å²) in [5.41, 5.74) is 3.54. The molecule has 0 bridgehead atoms. The lowest BCUT2D eigenvalue weighted by molar-refractivity contribution is -0.154. The fourth-order valence-electron chi connectivity index (χ4n) is 6.04. The number of aromatic nitrogens is 2. The number of nitrogens with one attached hydrogen (secondary N) is 1. The molecule has 0 aliphatic heterocycles. The van der Waals surface area contributed by atoms with Crippen molar-refractivity contribution in [2.75, 3.05) is 5.32 Å². The summed E-state index contributed by atoms with van der Waals surface area (Å²) >= 11 is 0. The molecule has 2 aromatic carbocycles. The molecule has 7 nitrogen and oxygen atoms in total. The van der Waals surface area contributed by atoms with Gasteiger partial charge in [0.25, 0.3) is 5.56 Å². The molecule has 198 valence electrons. The third kappa shape index (κ3) is 5.57. The Morgan fingerprint density at radius 1 is 1.03 bits per heavy atom. The van der Waals surface area contributed by atoms with E-state index in [0.717, 1.165) is 54.5 Å². The van der Waals surface area contributed by atoms with Crippen molar-refractivity contribution in [1.82, 2.24) is 9.78 Å². The van der Waals surface area contributed by atoms with E-state index in [2.05, 4.69) is 10.4 Å². The zero-order valence-corrected chi connectivity index (χ0v) is 21.9. The van der Waals surface area contributed by atoms with Crippen LogP contribution in [0, 0.1) is 18.3 Å². The molecular formula is C31H35N3O4. The lowest BCUT2D eigenvalue weighted by Crippen LogP contribution is -2.39. The summed E-state index contributed by atoms with van der Waals surface area (Å²) in [6, 6.07) is 18.8. The largest absolute Gasteiger partial charge is 0.481 e. The first-order valence-corrected chi connectivity index (χ1v) is 13.6. The first-order valence-electron chi connectivity index (χ1n) is 13.6. The highest BCUT2D eigenvalue weighted by atomic mass is 16.4. The van der Waals surface area contributed by atoms with Crippen molar-refractivity contribution in [3.05, 3.63) is 93.4 Å². The standard InChI is InChI=1S/C31H35N3O4/c1-21-10-15-27(35)34(33-21)20-22-11-13-25(14-12-22)28(24-7-2-3-8-24)29(36)32-26-9-4-6-23(18-26)19-31(30(37)38)16-5-17-31/h4,6,9-15,18,24,28H,2-3,5,7-8,16-17,19-20H2,1H3,(H,32,36)(H,37,38). The fraction of sp³-hybridized carbons (Fsp3) is 0.419. The second-order valence-electron chi connectivity index (χ2n) is 11.0. The van der Waals surface area contributed by atoms with Gasteiger partial charge in [-0.25, -0.2) is 4.68 Å². The minimum absolute atomic E-state index is 0.0324. The summed E-state index contributed by atoms with van der Waals surface area (Å²) < 4.78 is 1.45. The Labute approximate surface area is 222 Å². The maximum absolute atomic E-state index is 13.7. The summed E-state index contributed by atoms with van der Waals surface area (Å²) in [5.74, 6) is -0.761. The molecule has 0 saturated heterocycles. The van der Waals surface area contributed by atoms with Gasteiger partial charge in [0, 0.05) is 11.8 Å². The maximum Gasteiger partial charge on any atom is 0.309 e. The number of anilines is 1. The van der Waals surface area contributed by atoms with Crippen LogP contribution in [0.4, 0.5) is 5.69 Å². The zero-order chi connectivity index (χ0) is 26.7. The second kappa shape index (κ2) is 10.9. The number of carboxylic acids is 1. The molecule has 38 heavy (non-hydrogen) atoms. The van der Waals surface area contributed by atoms with Gasteiger partial charge in [0.15, 0.2) is 0 Å². The summed E-state index contributed by atoms with van der Waals surface area (Å²) in [4.78, 5) is 37.7. The summed E-state index contributed by atoms with van der Waals surface area (Å²) in [7, 11) is 0. The number of nitrogens with zero attached hydrogens (tertiary/aromatic N) is 2. The van der Waals surface area contributed by atoms with E-state index in [9.17, 15) is 19.5 Å². The van der Waals surface area contributed by atoms with E-state index in [0.29, 0.717) is 31.5 Å². The molecule has 2 saturated carbocycles. The van der Waals surface area contributed by atoms with Gasteiger partial charge in [-0.2, -0.15) is 5.10 Å². The lowest BCUT2D eigenvalue weighted by atomic mass is 9.65. The van der Waals surface area contributed by atoms with Crippen molar-refractivity contribution >= 4 is 17.6 Å². The van der Waals surface area contributed by atoms with Crippen molar-refractivity contribution in [2.45, 2.75) is 70.8 Å². The number of hydrogen-bond acceptors (Lipinski definition) is 4. The lowest BCUT2D eigenvalue weighted by Gasteiger charge is -2.37. The van der Waals surface area contributed by atoms with Crippen LogP contribution in [0.3, 0.4) is 0 Å². The Hall–Kier alpha value is -3.74. The van der Waals surface area contributed by atoms with Crippen molar-refractivity contribution < 1.29 is 14.7 Å². The van der Waals surface area contributed by atoms with Gasteiger partial charge >= 0.3 is 5.97 Å². The van der Waals surface area contributed by atoms with Crippen LogP contribution in [-0.2, 0) is 22.6 Å². The summed E-state index contributed by atoms with van der Waals surface area (Å²) in [5, 5.41) is 17.2. The molecule has 7 heteroatoms. The molecule has 2 aliphatic rings. The molecule has 0 spiro atoms. The number of amides is 1. The molecule has 1 atom stereocenters. The van der Waals surface area contributed by atoms with E-state index >= 15 is 0 Å². The minimum Gasteiger partial charge on any atom is -0.481 e. The average Bonchev–Trinajstić information content (AvgIpc) is 3.39. The van der Waals surface area contributed by atoms with Gasteiger partial charge in [0.2, 0.25) is 5.91 Å². The Kier molecular flexibility index (Phi) is 7.45. The number of carboxylic acid groups (broad SMARTS) is 1. The van der Waals surface area contributed by atoms with Crippen molar-refractivity contribution in [3.8, 4) is 0 Å². The highest BCUT2D eigenvalue weighted by Gasteiger charge is 2.44. The van der Waals surface area contributed by atoms with E-state index in [1.54, 1.807) is 6.07 Å². The number of carbonyl (C=O) groups excluding carboxylic acids is 1. The minimum atomic E-state index is -0.731. The van der Waals surface area contributed by atoms with E-state index in [-0.39, 0.29) is 23.3 Å². The molecule has 2 fully saturated rings. The number of hydrogen-bond donors (Lipinski definition) is 2. The zero-order valence-electron chi connectivity index (χ0n) is 21.9. The van der Waals surface area contributed by atoms with E-state index in [1.807, 2.05) is 55.5 Å². The molecule has 1 aromatic heterocycles. The smallest absolute Gasteiger partial charge is 0.309 e. The van der Waals surface area contributed by atoms with Gasteiger partial charge < -0.3 is 10.4 Å². The SMILES string of the molecule is Cc1ccc(=O)n(Cc2ccc(C(C(=O)Nc3cccc(CC4(C(=O)O)CCC4)c3)C3CCCC3)cc2)n1. The fourth-order valence-corrected chi connectivity index (χ4v) is 6.04. The van der Waals surface area contributed by atoms with Gasteiger partial charge in [0.1, 0.15) is 0 Å². The molecule has 1 amide bonds. The Morgan fingerprint density at radius 2 is 1.76 bits per heavy atom. The molecule has 2 N–H and O–H groups in total. The number of aliphatic carboxylic acids is 1. The van der Waals surface area contributed by atoms with E-state index < -0.39 is 11.4 Å². The van der Waals surface area contributed by atoms with Gasteiger partial charge in [-0.15, -0.1) is 0 Å². The molecular weight excluding hydrogens is 478 g/mol. The van der Waals surface area contributed by atoms with Crippen LogP contribution in [0.25, 0.3) is 0 Å². The van der Waals surface area contributed by atoms with Gasteiger partial charge in [0.05, 0.1) is 23.6 Å². The van der Waals surface area contributed by atoms with Crippen LogP contribution in [0.15, 0.2) is 65.5 Å². The van der Waals surface area contributed by atoms with Gasteiger partial charge in [-0.1, -0.05) is 55.7 Å². The quantitative estimate of drug-likeness (QED) is 0.404. The second-order valence-corrected chi connectivity index (χ2v) is 11.0. The van der Waals surface area contributed by atoms with E-state index in [4.69, 9.17) is 0 Å².